The molecule has 3 heteroatoms. The Labute approximate surface area is 114 Å². The Kier molecular flexibility index (Phi) is 4.68. The molecule has 2 unspecified atom stereocenters. The lowest BCUT2D eigenvalue weighted by Gasteiger charge is -2.21. The minimum atomic E-state index is -0.576. The standard InChI is InChI=1S/C16H20N2O/c1-18-16(15(19)11-17)14-9-7-13(8-10-14)12-5-3-2-4-6-12/h2-10,15-16,18-19H,11,17H2,1H3. The average Bonchev–Trinajstić information content (AvgIpc) is 2.49. The first kappa shape index (κ1) is 13.7. The Morgan fingerprint density at radius 1 is 1.00 bits per heavy atom. The van der Waals surface area contributed by atoms with Crippen LogP contribution in [0.4, 0.5) is 0 Å². The second kappa shape index (κ2) is 6.48. The first-order valence-corrected chi connectivity index (χ1v) is 6.47. The number of nitrogens with one attached hydrogen (secondary N) is 1. The summed E-state index contributed by atoms with van der Waals surface area (Å²) in [5.41, 5.74) is 8.92. The van der Waals surface area contributed by atoms with Crippen LogP contribution in [0, 0.1) is 0 Å². The molecule has 19 heavy (non-hydrogen) atoms. The molecule has 0 aromatic heterocycles. The van der Waals surface area contributed by atoms with Crippen LogP contribution in [0.3, 0.4) is 0 Å². The van der Waals surface area contributed by atoms with Crippen molar-refractivity contribution in [3.05, 3.63) is 60.2 Å². The second-order valence-electron chi connectivity index (χ2n) is 4.56. The highest BCUT2D eigenvalue weighted by Crippen LogP contribution is 2.23. The highest BCUT2D eigenvalue weighted by atomic mass is 16.3. The third-order valence-corrected chi connectivity index (χ3v) is 3.31. The number of benzene rings is 2. The van der Waals surface area contributed by atoms with E-state index in [2.05, 4.69) is 29.6 Å². The molecule has 3 nitrogen and oxygen atoms in total. The van der Waals surface area contributed by atoms with Crippen molar-refractivity contribution >= 4 is 0 Å². The van der Waals surface area contributed by atoms with E-state index >= 15 is 0 Å². The summed E-state index contributed by atoms with van der Waals surface area (Å²) in [6.45, 7) is 0.242. The van der Waals surface area contributed by atoms with E-state index in [0.717, 1.165) is 5.56 Å². The zero-order valence-corrected chi connectivity index (χ0v) is 11.1. The van der Waals surface area contributed by atoms with Gasteiger partial charge in [-0.05, 0) is 23.7 Å². The molecule has 0 spiro atoms. The fraction of sp³-hybridized carbons (Fsp3) is 0.250. The third kappa shape index (κ3) is 3.20. The Bertz CT molecular complexity index is 496. The Balaban J connectivity index is 2.23. The third-order valence-electron chi connectivity index (χ3n) is 3.31. The normalized spacial score (nSPS) is 14.1. The fourth-order valence-corrected chi connectivity index (χ4v) is 2.23. The summed E-state index contributed by atoms with van der Waals surface area (Å²) < 4.78 is 0. The number of likely N-dealkylation sites (N-methyl/N-ethyl adjacent to an activating group) is 1. The molecule has 2 aromatic rings. The molecule has 0 heterocycles. The van der Waals surface area contributed by atoms with Gasteiger partial charge < -0.3 is 16.2 Å². The molecule has 2 rings (SSSR count). The van der Waals surface area contributed by atoms with E-state index < -0.39 is 6.10 Å². The van der Waals surface area contributed by atoms with Crippen LogP contribution < -0.4 is 11.1 Å². The largest absolute Gasteiger partial charge is 0.390 e. The molecule has 100 valence electrons. The molecule has 2 aromatic carbocycles. The van der Waals surface area contributed by atoms with Crippen molar-refractivity contribution in [2.75, 3.05) is 13.6 Å². The van der Waals surface area contributed by atoms with Crippen molar-refractivity contribution in [2.24, 2.45) is 5.73 Å². The molecule has 0 radical (unpaired) electrons. The van der Waals surface area contributed by atoms with Gasteiger partial charge in [0.05, 0.1) is 12.1 Å². The molecule has 0 bridgehead atoms. The number of nitrogens with two attached hydrogens (primary N) is 1. The van der Waals surface area contributed by atoms with E-state index in [1.54, 1.807) is 0 Å². The summed E-state index contributed by atoms with van der Waals surface area (Å²) in [6.07, 6.45) is -0.576. The summed E-state index contributed by atoms with van der Waals surface area (Å²) in [7, 11) is 1.83. The van der Waals surface area contributed by atoms with Crippen LogP contribution in [-0.4, -0.2) is 24.8 Å². The van der Waals surface area contributed by atoms with Crippen molar-refractivity contribution in [1.29, 1.82) is 0 Å². The highest BCUT2D eigenvalue weighted by Gasteiger charge is 2.17. The van der Waals surface area contributed by atoms with Gasteiger partial charge in [0.2, 0.25) is 0 Å². The topological polar surface area (TPSA) is 58.3 Å². The highest BCUT2D eigenvalue weighted by molar-refractivity contribution is 5.63. The van der Waals surface area contributed by atoms with Gasteiger partial charge in [0, 0.05) is 6.54 Å². The first-order valence-electron chi connectivity index (χ1n) is 6.47. The summed E-state index contributed by atoms with van der Waals surface area (Å²) in [5, 5.41) is 13.0. The van der Waals surface area contributed by atoms with Crippen LogP contribution in [0.25, 0.3) is 11.1 Å². The number of rotatable bonds is 5. The van der Waals surface area contributed by atoms with Gasteiger partial charge in [-0.3, -0.25) is 0 Å². The van der Waals surface area contributed by atoms with Gasteiger partial charge in [0.15, 0.2) is 0 Å². The minimum Gasteiger partial charge on any atom is -0.390 e. The summed E-state index contributed by atoms with van der Waals surface area (Å²) >= 11 is 0. The van der Waals surface area contributed by atoms with Crippen LogP contribution in [-0.2, 0) is 0 Å². The van der Waals surface area contributed by atoms with Crippen molar-refractivity contribution in [3.63, 3.8) is 0 Å². The zero-order chi connectivity index (χ0) is 13.7. The number of aliphatic hydroxyl groups excluding tert-OH is 1. The maximum atomic E-state index is 9.87. The van der Waals surface area contributed by atoms with Crippen molar-refractivity contribution in [2.45, 2.75) is 12.1 Å². The van der Waals surface area contributed by atoms with E-state index in [0.29, 0.717) is 0 Å². The van der Waals surface area contributed by atoms with Gasteiger partial charge in [-0.2, -0.15) is 0 Å². The maximum absolute atomic E-state index is 9.87. The van der Waals surface area contributed by atoms with Gasteiger partial charge in [-0.25, -0.2) is 0 Å². The van der Waals surface area contributed by atoms with Crippen LogP contribution in [0.1, 0.15) is 11.6 Å². The van der Waals surface area contributed by atoms with Gasteiger partial charge in [-0.1, -0.05) is 54.6 Å². The van der Waals surface area contributed by atoms with Crippen LogP contribution >= 0.6 is 0 Å². The van der Waals surface area contributed by atoms with Gasteiger partial charge in [0.25, 0.3) is 0 Å². The summed E-state index contributed by atoms with van der Waals surface area (Å²) in [6, 6.07) is 18.3. The van der Waals surface area contributed by atoms with Crippen molar-refractivity contribution < 1.29 is 5.11 Å². The summed E-state index contributed by atoms with van der Waals surface area (Å²) in [4.78, 5) is 0. The van der Waals surface area contributed by atoms with E-state index in [1.165, 1.54) is 11.1 Å². The lowest BCUT2D eigenvalue weighted by atomic mass is 9.98. The lowest BCUT2D eigenvalue weighted by molar-refractivity contribution is 0.139. The number of hydrogen-bond acceptors (Lipinski definition) is 3. The summed E-state index contributed by atoms with van der Waals surface area (Å²) in [5.74, 6) is 0. The number of aliphatic hydroxyl groups is 1. The lowest BCUT2D eigenvalue weighted by Crippen LogP contribution is -2.34. The van der Waals surface area contributed by atoms with E-state index in [1.807, 2.05) is 37.4 Å². The van der Waals surface area contributed by atoms with Crippen LogP contribution in [0.15, 0.2) is 54.6 Å². The van der Waals surface area contributed by atoms with Crippen LogP contribution in [0.5, 0.6) is 0 Å². The van der Waals surface area contributed by atoms with Crippen LogP contribution in [0.2, 0.25) is 0 Å². The molecule has 0 aliphatic rings. The molecule has 0 amide bonds. The molecule has 4 N–H and O–H groups in total. The molecular formula is C16H20N2O. The minimum absolute atomic E-state index is 0.130. The molecule has 0 fully saturated rings. The molecule has 0 aliphatic heterocycles. The van der Waals surface area contributed by atoms with Crippen molar-refractivity contribution in [3.8, 4) is 11.1 Å². The molecular weight excluding hydrogens is 236 g/mol. The first-order chi connectivity index (χ1) is 9.26. The predicted molar refractivity (Wildman–Crippen MR) is 78.7 cm³/mol. The molecule has 2 atom stereocenters. The maximum Gasteiger partial charge on any atom is 0.0856 e. The van der Waals surface area contributed by atoms with Gasteiger partial charge in [0.1, 0.15) is 0 Å². The van der Waals surface area contributed by atoms with Gasteiger partial charge in [-0.15, -0.1) is 0 Å². The number of hydrogen-bond donors (Lipinski definition) is 3. The fourth-order valence-electron chi connectivity index (χ4n) is 2.23. The predicted octanol–water partition coefficient (Wildman–Crippen LogP) is 1.93. The Morgan fingerprint density at radius 3 is 2.11 bits per heavy atom. The SMILES string of the molecule is CNC(c1ccc(-c2ccccc2)cc1)C(O)CN. The van der Waals surface area contributed by atoms with E-state index in [9.17, 15) is 5.11 Å². The second-order valence-corrected chi connectivity index (χ2v) is 4.56. The van der Waals surface area contributed by atoms with E-state index in [-0.39, 0.29) is 12.6 Å². The smallest absolute Gasteiger partial charge is 0.0856 e. The van der Waals surface area contributed by atoms with Gasteiger partial charge >= 0.3 is 0 Å². The average molecular weight is 256 g/mol. The molecule has 0 aliphatic carbocycles. The quantitative estimate of drug-likeness (QED) is 0.766. The van der Waals surface area contributed by atoms with Crippen molar-refractivity contribution in [1.82, 2.24) is 5.32 Å². The van der Waals surface area contributed by atoms with E-state index in [4.69, 9.17) is 5.73 Å². The molecule has 0 saturated carbocycles. The zero-order valence-electron chi connectivity index (χ0n) is 11.1. The monoisotopic (exact) mass is 256 g/mol. The Morgan fingerprint density at radius 2 is 1.58 bits per heavy atom. The Hall–Kier alpha value is -1.68. The molecule has 0 saturated heterocycles.